The van der Waals surface area contributed by atoms with E-state index in [-0.39, 0.29) is 18.1 Å². The van der Waals surface area contributed by atoms with Crippen LogP contribution in [-0.2, 0) is 17.6 Å². The first-order valence-electron chi connectivity index (χ1n) is 7.90. The summed E-state index contributed by atoms with van der Waals surface area (Å²) in [4.78, 5) is 13.7. The third-order valence-corrected chi connectivity index (χ3v) is 4.33. The van der Waals surface area contributed by atoms with E-state index in [4.69, 9.17) is 11.0 Å². The summed E-state index contributed by atoms with van der Waals surface area (Å²) in [6.07, 6.45) is 0.605. The topological polar surface area (TPSA) is 70.1 Å². The van der Waals surface area contributed by atoms with Crippen LogP contribution in [0, 0.1) is 17.1 Å². The van der Waals surface area contributed by atoms with Gasteiger partial charge in [0.2, 0.25) is 5.91 Å². The lowest BCUT2D eigenvalue weighted by molar-refractivity contribution is -0.117. The number of fused-ring (bicyclic) bond motifs is 1. The van der Waals surface area contributed by atoms with Crippen LogP contribution in [0.5, 0.6) is 0 Å². The summed E-state index contributed by atoms with van der Waals surface area (Å²) in [5.74, 6) is -0.279. The highest BCUT2D eigenvalue weighted by Gasteiger charge is 2.26. The van der Waals surface area contributed by atoms with Crippen molar-refractivity contribution in [2.75, 3.05) is 11.4 Å². The van der Waals surface area contributed by atoms with E-state index in [1.165, 1.54) is 6.07 Å². The third-order valence-electron chi connectivity index (χ3n) is 4.33. The molecule has 0 radical (unpaired) electrons. The summed E-state index contributed by atoms with van der Waals surface area (Å²) >= 11 is 0. The maximum atomic E-state index is 14.3. The quantitative estimate of drug-likeness (QED) is 0.940. The normalized spacial score (nSPS) is 14.4. The molecule has 5 heteroatoms. The molecule has 2 aromatic rings. The molecule has 0 aromatic heterocycles. The first-order valence-corrected chi connectivity index (χ1v) is 7.90. The first-order chi connectivity index (χ1) is 11.5. The van der Waals surface area contributed by atoms with E-state index in [9.17, 15) is 9.18 Å². The number of carbonyl (C=O) groups is 1. The van der Waals surface area contributed by atoms with Gasteiger partial charge in [0.1, 0.15) is 5.82 Å². The summed E-state index contributed by atoms with van der Waals surface area (Å²) in [6, 6.07) is 11.9. The number of halogens is 1. The van der Waals surface area contributed by atoms with E-state index >= 15 is 0 Å². The van der Waals surface area contributed by atoms with Gasteiger partial charge < -0.3 is 10.6 Å². The summed E-state index contributed by atoms with van der Waals surface area (Å²) < 4.78 is 14.3. The number of hydrogen-bond acceptors (Lipinski definition) is 3. The molecule has 0 spiro atoms. The van der Waals surface area contributed by atoms with Crippen LogP contribution in [0.2, 0.25) is 0 Å². The van der Waals surface area contributed by atoms with E-state index in [2.05, 4.69) is 0 Å². The number of benzene rings is 2. The Morgan fingerprint density at radius 3 is 2.67 bits per heavy atom. The molecule has 24 heavy (non-hydrogen) atoms. The van der Waals surface area contributed by atoms with Gasteiger partial charge in [0.05, 0.1) is 18.5 Å². The third kappa shape index (κ3) is 2.89. The zero-order valence-electron chi connectivity index (χ0n) is 13.4. The standard InChI is InChI=1S/C19H18FN3O/c1-2-23-18-9-13(4-6-15(18)10-19(23)24)12-3-5-14(17(20)8-12)7-16(22)11-21/h3-6,8-9,16H,2,7,10,22H2,1H3/t16-/m0/s1. The molecule has 0 unspecified atom stereocenters. The number of nitriles is 1. The predicted molar refractivity (Wildman–Crippen MR) is 90.9 cm³/mol. The van der Waals surface area contributed by atoms with Crippen LogP contribution in [0.3, 0.4) is 0 Å². The van der Waals surface area contributed by atoms with Gasteiger partial charge in [-0.3, -0.25) is 4.79 Å². The lowest BCUT2D eigenvalue weighted by Gasteiger charge is -2.16. The largest absolute Gasteiger partial charge is 0.316 e. The Bertz CT molecular complexity index is 841. The van der Waals surface area contributed by atoms with Crippen molar-refractivity contribution >= 4 is 11.6 Å². The van der Waals surface area contributed by atoms with E-state index < -0.39 is 6.04 Å². The van der Waals surface area contributed by atoms with Crippen LogP contribution in [0.1, 0.15) is 18.1 Å². The molecule has 1 aliphatic heterocycles. The van der Waals surface area contributed by atoms with Crippen LogP contribution in [0.25, 0.3) is 11.1 Å². The summed E-state index contributed by atoms with van der Waals surface area (Å²) in [5, 5.41) is 8.75. The van der Waals surface area contributed by atoms with Crippen LogP contribution >= 0.6 is 0 Å². The molecule has 1 atom stereocenters. The highest BCUT2D eigenvalue weighted by Crippen LogP contribution is 2.33. The van der Waals surface area contributed by atoms with Gasteiger partial charge in [0.15, 0.2) is 0 Å². The second-order valence-electron chi connectivity index (χ2n) is 5.90. The van der Waals surface area contributed by atoms with Gasteiger partial charge >= 0.3 is 0 Å². The van der Waals surface area contributed by atoms with Gasteiger partial charge in [0, 0.05) is 18.7 Å². The van der Waals surface area contributed by atoms with Crippen molar-refractivity contribution in [1.29, 1.82) is 5.26 Å². The second kappa shape index (κ2) is 6.42. The minimum Gasteiger partial charge on any atom is -0.316 e. The molecule has 0 fully saturated rings. The van der Waals surface area contributed by atoms with Crippen molar-refractivity contribution in [3.05, 3.63) is 53.3 Å². The number of carbonyl (C=O) groups excluding carboxylic acids is 1. The molecular weight excluding hydrogens is 305 g/mol. The van der Waals surface area contributed by atoms with Crippen molar-refractivity contribution in [3.63, 3.8) is 0 Å². The van der Waals surface area contributed by atoms with Crippen LogP contribution in [-0.4, -0.2) is 18.5 Å². The predicted octanol–water partition coefficient (Wildman–Crippen LogP) is 2.80. The average molecular weight is 323 g/mol. The van der Waals surface area contributed by atoms with Crippen molar-refractivity contribution in [3.8, 4) is 17.2 Å². The SMILES string of the molecule is CCN1C(=O)Cc2ccc(-c3ccc(C[C@H](N)C#N)c(F)c3)cc21. The zero-order valence-corrected chi connectivity index (χ0v) is 13.4. The highest BCUT2D eigenvalue weighted by atomic mass is 19.1. The number of hydrogen-bond donors (Lipinski definition) is 1. The van der Waals surface area contributed by atoms with Gasteiger partial charge in [-0.2, -0.15) is 5.26 Å². The monoisotopic (exact) mass is 323 g/mol. The lowest BCUT2D eigenvalue weighted by atomic mass is 9.99. The molecule has 2 N–H and O–H groups in total. The number of amides is 1. The Labute approximate surface area is 140 Å². The molecule has 1 heterocycles. The van der Waals surface area contributed by atoms with Crippen LogP contribution in [0.15, 0.2) is 36.4 Å². The minimum absolute atomic E-state index is 0.0941. The van der Waals surface area contributed by atoms with Crippen molar-refractivity contribution < 1.29 is 9.18 Å². The molecule has 122 valence electrons. The molecule has 0 saturated heterocycles. The smallest absolute Gasteiger partial charge is 0.231 e. The fraction of sp³-hybridized carbons (Fsp3) is 0.263. The molecule has 0 saturated carbocycles. The molecule has 0 aliphatic carbocycles. The van der Waals surface area contributed by atoms with Crippen molar-refractivity contribution in [1.82, 2.24) is 0 Å². The number of nitrogens with zero attached hydrogens (tertiary/aromatic N) is 2. The van der Waals surface area contributed by atoms with Gasteiger partial charge in [-0.15, -0.1) is 0 Å². The molecule has 2 aromatic carbocycles. The van der Waals surface area contributed by atoms with E-state index in [1.807, 2.05) is 37.3 Å². The Morgan fingerprint density at radius 1 is 1.29 bits per heavy atom. The molecule has 0 bridgehead atoms. The lowest BCUT2D eigenvalue weighted by Crippen LogP contribution is -2.25. The van der Waals surface area contributed by atoms with Gasteiger partial charge in [-0.1, -0.05) is 24.3 Å². The minimum atomic E-state index is -0.713. The van der Waals surface area contributed by atoms with E-state index in [1.54, 1.807) is 11.0 Å². The maximum absolute atomic E-state index is 14.3. The number of anilines is 1. The maximum Gasteiger partial charge on any atom is 0.231 e. The molecule has 1 aliphatic rings. The zero-order chi connectivity index (χ0) is 17.3. The summed E-state index contributed by atoms with van der Waals surface area (Å²) in [7, 11) is 0. The van der Waals surface area contributed by atoms with E-state index in [0.717, 1.165) is 22.4 Å². The van der Waals surface area contributed by atoms with Gasteiger partial charge in [0.25, 0.3) is 0 Å². The summed E-state index contributed by atoms with van der Waals surface area (Å²) in [5.41, 5.74) is 9.49. The molecule has 4 nitrogen and oxygen atoms in total. The van der Waals surface area contributed by atoms with Gasteiger partial charge in [-0.25, -0.2) is 4.39 Å². The average Bonchev–Trinajstić information content (AvgIpc) is 2.90. The number of likely N-dealkylation sites (N-methyl/N-ethyl adjacent to an activating group) is 1. The first kappa shape index (κ1) is 16.2. The van der Waals surface area contributed by atoms with Crippen LogP contribution in [0.4, 0.5) is 10.1 Å². The fourth-order valence-corrected chi connectivity index (χ4v) is 3.06. The Morgan fingerprint density at radius 2 is 2.00 bits per heavy atom. The summed E-state index contributed by atoms with van der Waals surface area (Å²) in [6.45, 7) is 2.56. The molecule has 3 rings (SSSR count). The Balaban J connectivity index is 1.94. The Kier molecular flexibility index (Phi) is 4.32. The van der Waals surface area contributed by atoms with Crippen LogP contribution < -0.4 is 10.6 Å². The highest BCUT2D eigenvalue weighted by molar-refractivity contribution is 6.02. The fourth-order valence-electron chi connectivity index (χ4n) is 3.06. The van der Waals surface area contributed by atoms with Crippen molar-refractivity contribution in [2.45, 2.75) is 25.8 Å². The molecule has 1 amide bonds. The second-order valence-corrected chi connectivity index (χ2v) is 5.90. The van der Waals surface area contributed by atoms with E-state index in [0.29, 0.717) is 18.5 Å². The number of nitrogens with two attached hydrogens (primary N) is 1. The van der Waals surface area contributed by atoms with Gasteiger partial charge in [-0.05, 0) is 41.3 Å². The number of rotatable bonds is 4. The molecular formula is C19H18FN3O. The van der Waals surface area contributed by atoms with Crippen molar-refractivity contribution in [2.24, 2.45) is 5.73 Å². The Hall–Kier alpha value is -2.71.